The number of hydrogen-bond acceptors (Lipinski definition) is 12. The molecule has 0 bridgehead atoms. The maximum atomic E-state index is 14.6. The lowest BCUT2D eigenvalue weighted by Crippen LogP contribution is -2.60. The van der Waals surface area contributed by atoms with Crippen molar-refractivity contribution < 1.29 is 52.9 Å². The zero-order valence-corrected chi connectivity index (χ0v) is 45.0. The number of aliphatic hydroxyl groups excluding tert-OH is 1. The lowest BCUT2D eigenvalue weighted by Gasteiger charge is -2.41. The quantitative estimate of drug-likeness (QED) is 0.0422. The van der Waals surface area contributed by atoms with Crippen molar-refractivity contribution in [3.63, 3.8) is 0 Å². The fraction of sp³-hybridized carbons (Fsp3) is 0.698. The number of carbonyl (C=O) groups excluding carboxylic acids is 8. The SMILES string of the molecule is CCC(C)C(C(CC(=O)N1CCC[C@H]1C(OC)C(C)C(=O)NC(C)C(O)c1ccccc1)OC)N(C)C(=O)C(NC(=O)C(C(C)C)N(C)CCCC(=O)NNC(=O)CCCCCN1C(=O)C=CC1=O)C(C)C. The molecule has 9 unspecified atom stereocenters. The lowest BCUT2D eigenvalue weighted by atomic mass is 9.89. The highest BCUT2D eigenvalue weighted by Crippen LogP contribution is 2.30. The smallest absolute Gasteiger partial charge is 0.253 e. The van der Waals surface area contributed by atoms with E-state index < -0.39 is 54.4 Å². The highest BCUT2D eigenvalue weighted by Gasteiger charge is 2.43. The summed E-state index contributed by atoms with van der Waals surface area (Å²) in [6.45, 7) is 16.2. The third kappa shape index (κ3) is 17.5. The molecule has 0 spiro atoms. The number of nitrogens with one attached hydrogen (secondary N) is 4. The van der Waals surface area contributed by atoms with Gasteiger partial charge in [-0.1, -0.05) is 91.6 Å². The largest absolute Gasteiger partial charge is 0.386 e. The third-order valence-corrected chi connectivity index (χ3v) is 14.3. The van der Waals surface area contributed by atoms with Gasteiger partial charge in [0.15, 0.2) is 0 Å². The Hall–Kier alpha value is -5.24. The molecule has 8 amide bonds. The Morgan fingerprint density at radius 1 is 0.792 bits per heavy atom. The highest BCUT2D eigenvalue weighted by atomic mass is 16.5. The second-order valence-corrected chi connectivity index (χ2v) is 20.3. The van der Waals surface area contributed by atoms with Crippen molar-refractivity contribution >= 4 is 47.3 Å². The number of amides is 8. The average Bonchev–Trinajstić information content (AvgIpc) is 3.96. The summed E-state index contributed by atoms with van der Waals surface area (Å²) in [7, 11) is 6.55. The summed E-state index contributed by atoms with van der Waals surface area (Å²) in [4.78, 5) is 111. The van der Waals surface area contributed by atoms with Gasteiger partial charge in [-0.25, -0.2) is 0 Å². The molecule has 0 aliphatic carbocycles. The molecule has 5 N–H and O–H groups in total. The van der Waals surface area contributed by atoms with Gasteiger partial charge in [0.05, 0.1) is 54.8 Å². The van der Waals surface area contributed by atoms with E-state index in [0.717, 1.165) is 4.90 Å². The predicted molar refractivity (Wildman–Crippen MR) is 273 cm³/mol. The van der Waals surface area contributed by atoms with E-state index in [2.05, 4.69) is 21.5 Å². The summed E-state index contributed by atoms with van der Waals surface area (Å²) in [5, 5.41) is 16.9. The van der Waals surface area contributed by atoms with Crippen LogP contribution in [0.1, 0.15) is 131 Å². The van der Waals surface area contributed by atoms with Crippen molar-refractivity contribution in [1.82, 2.24) is 41.1 Å². The van der Waals surface area contributed by atoms with Crippen LogP contribution in [0, 0.1) is 23.7 Å². The van der Waals surface area contributed by atoms with Crippen LogP contribution in [0.25, 0.3) is 0 Å². The molecule has 2 aliphatic heterocycles. The summed E-state index contributed by atoms with van der Waals surface area (Å²) >= 11 is 0. The van der Waals surface area contributed by atoms with Gasteiger partial charge < -0.3 is 35.0 Å². The minimum Gasteiger partial charge on any atom is -0.386 e. The van der Waals surface area contributed by atoms with Crippen LogP contribution in [-0.2, 0) is 47.8 Å². The molecule has 19 heteroatoms. The average molecular weight is 1010 g/mol. The second kappa shape index (κ2) is 30.1. The number of likely N-dealkylation sites (tertiary alicyclic amines) is 1. The van der Waals surface area contributed by atoms with E-state index in [1.807, 2.05) is 64.6 Å². The molecule has 0 radical (unpaired) electrons. The van der Waals surface area contributed by atoms with Crippen LogP contribution >= 0.6 is 0 Å². The zero-order chi connectivity index (χ0) is 53.8. The Bertz CT molecular complexity index is 1970. The van der Waals surface area contributed by atoms with E-state index in [4.69, 9.17) is 9.47 Å². The minimum absolute atomic E-state index is 0.0344. The number of carbonyl (C=O) groups is 8. The summed E-state index contributed by atoms with van der Waals surface area (Å²) in [5.41, 5.74) is 5.55. The van der Waals surface area contributed by atoms with Crippen molar-refractivity contribution in [2.75, 3.05) is 47.9 Å². The molecule has 404 valence electrons. The Balaban J connectivity index is 1.59. The molecule has 3 rings (SSSR count). The number of methoxy groups -OCH3 is 2. The first-order chi connectivity index (χ1) is 34.1. The summed E-state index contributed by atoms with van der Waals surface area (Å²) in [6.07, 6.45) is 4.57. The van der Waals surface area contributed by atoms with E-state index in [0.29, 0.717) is 63.6 Å². The van der Waals surface area contributed by atoms with Crippen molar-refractivity contribution in [3.05, 3.63) is 48.0 Å². The van der Waals surface area contributed by atoms with Crippen molar-refractivity contribution in [3.8, 4) is 0 Å². The number of ether oxygens (including phenoxy) is 2. The lowest BCUT2D eigenvalue weighted by molar-refractivity contribution is -0.148. The molecule has 10 atom stereocenters. The molecule has 1 fully saturated rings. The number of unbranched alkanes of at least 4 members (excludes halogenated alkanes) is 2. The van der Waals surface area contributed by atoms with E-state index in [1.54, 1.807) is 49.9 Å². The molecule has 2 aliphatic rings. The van der Waals surface area contributed by atoms with Crippen LogP contribution in [-0.4, -0.2) is 162 Å². The molecule has 1 aromatic rings. The second-order valence-electron chi connectivity index (χ2n) is 20.3. The maximum absolute atomic E-state index is 14.6. The Morgan fingerprint density at radius 3 is 1.96 bits per heavy atom. The summed E-state index contributed by atoms with van der Waals surface area (Å²) in [6, 6.07) is 6.06. The topological polar surface area (TPSA) is 236 Å². The van der Waals surface area contributed by atoms with E-state index >= 15 is 0 Å². The van der Waals surface area contributed by atoms with Crippen molar-refractivity contribution in [1.29, 1.82) is 0 Å². The normalized spacial score (nSPS) is 18.6. The number of imide groups is 1. The van der Waals surface area contributed by atoms with Crippen LogP contribution in [0.2, 0.25) is 0 Å². The number of likely N-dealkylation sites (N-methyl/N-ethyl adjacent to an activating group) is 2. The van der Waals surface area contributed by atoms with Crippen molar-refractivity contribution in [2.45, 2.75) is 168 Å². The van der Waals surface area contributed by atoms with Crippen LogP contribution < -0.4 is 21.5 Å². The number of benzene rings is 1. The Morgan fingerprint density at radius 2 is 1.40 bits per heavy atom. The number of hydrogen-bond donors (Lipinski definition) is 5. The van der Waals surface area contributed by atoms with Crippen LogP contribution in [0.5, 0.6) is 0 Å². The first-order valence-corrected chi connectivity index (χ1v) is 25.9. The maximum Gasteiger partial charge on any atom is 0.253 e. The van der Waals surface area contributed by atoms with Crippen LogP contribution in [0.4, 0.5) is 0 Å². The summed E-state index contributed by atoms with van der Waals surface area (Å²) < 4.78 is 12.0. The monoisotopic (exact) mass is 1010 g/mol. The van der Waals surface area contributed by atoms with Gasteiger partial charge in [-0.2, -0.15) is 0 Å². The zero-order valence-electron chi connectivity index (χ0n) is 45.0. The fourth-order valence-electron chi connectivity index (χ4n) is 9.94. The molecule has 1 aromatic carbocycles. The van der Waals surface area contributed by atoms with Gasteiger partial charge in [0.1, 0.15) is 6.04 Å². The number of rotatable bonds is 30. The molecule has 0 aromatic heterocycles. The molecular formula is C53H86N8O11. The summed E-state index contributed by atoms with van der Waals surface area (Å²) in [5.74, 6) is -3.77. The molecule has 1 saturated heterocycles. The van der Waals surface area contributed by atoms with E-state index in [9.17, 15) is 43.5 Å². The van der Waals surface area contributed by atoms with Crippen molar-refractivity contribution in [2.24, 2.45) is 23.7 Å². The van der Waals surface area contributed by atoms with Gasteiger partial charge in [-0.05, 0) is 75.9 Å². The predicted octanol–water partition coefficient (Wildman–Crippen LogP) is 3.66. The molecular weight excluding hydrogens is 925 g/mol. The van der Waals surface area contributed by atoms with Gasteiger partial charge in [0.25, 0.3) is 11.8 Å². The van der Waals surface area contributed by atoms with Crippen LogP contribution in [0.3, 0.4) is 0 Å². The number of aliphatic hydroxyl groups is 1. The van der Waals surface area contributed by atoms with E-state index in [1.165, 1.54) is 26.4 Å². The highest BCUT2D eigenvalue weighted by molar-refractivity contribution is 6.12. The number of hydrazine groups is 1. The van der Waals surface area contributed by atoms with Gasteiger partial charge in [0, 0.05) is 59.4 Å². The Kier molecular flexibility index (Phi) is 25.5. The standard InChI is InChI=1S/C53H86N8O11/c1-13-35(6)48(40(71-11)32-45(66)60-31-20-24-39(60)50(72-12)36(7)51(68)54-37(8)49(67)38-22-16-14-17-23-38)59(10)53(70)46(33(2)3)55-52(69)47(34(4)5)58(9)29-21-26-42(63)57-56-41(62)25-18-15-19-30-61-43(64)27-28-44(61)65/h14,16-17,22-23,27-28,33-37,39-40,46-50,67H,13,15,18-21,24-26,29-32H2,1-12H3,(H,54,68)(H,55,69)(H,56,62)(H,57,63)/t35?,36?,37?,39-,40?,46?,47?,48?,49?,50?/m0/s1. The minimum atomic E-state index is -0.911. The van der Waals surface area contributed by atoms with Crippen LogP contribution in [0.15, 0.2) is 42.5 Å². The molecule has 72 heavy (non-hydrogen) atoms. The van der Waals surface area contributed by atoms with Gasteiger partial charge in [-0.3, -0.25) is 59.0 Å². The molecule has 19 nitrogen and oxygen atoms in total. The third-order valence-electron chi connectivity index (χ3n) is 14.3. The Labute approximate surface area is 427 Å². The van der Waals surface area contributed by atoms with Gasteiger partial charge >= 0.3 is 0 Å². The first kappa shape index (κ1) is 61.1. The van der Waals surface area contributed by atoms with Gasteiger partial charge in [0.2, 0.25) is 35.4 Å². The molecule has 0 saturated carbocycles. The van der Waals surface area contributed by atoms with Gasteiger partial charge in [-0.15, -0.1) is 0 Å². The first-order valence-electron chi connectivity index (χ1n) is 25.9. The fourth-order valence-corrected chi connectivity index (χ4v) is 9.94. The number of nitrogens with zero attached hydrogens (tertiary/aromatic N) is 4. The van der Waals surface area contributed by atoms with E-state index in [-0.39, 0.29) is 90.8 Å². The molecule has 2 heterocycles.